The molecule has 0 saturated carbocycles. The number of nitriles is 1. The number of rotatable bonds is 4. The van der Waals surface area contributed by atoms with Crippen molar-refractivity contribution < 1.29 is 8.42 Å². The molecule has 0 N–H and O–H groups in total. The van der Waals surface area contributed by atoms with Crippen molar-refractivity contribution in [2.45, 2.75) is 10.8 Å². The van der Waals surface area contributed by atoms with E-state index in [1.54, 1.807) is 36.4 Å². The third kappa shape index (κ3) is 3.19. The van der Waals surface area contributed by atoms with Crippen LogP contribution >= 0.6 is 11.6 Å². The Morgan fingerprint density at radius 2 is 1.65 bits per heavy atom. The van der Waals surface area contributed by atoms with E-state index < -0.39 is 15.8 Å². The summed E-state index contributed by atoms with van der Waals surface area (Å²) in [5.74, 6) is -0.991. The van der Waals surface area contributed by atoms with Gasteiger partial charge in [-0.1, -0.05) is 54.1 Å². The highest BCUT2D eigenvalue weighted by Crippen LogP contribution is 2.26. The average Bonchev–Trinajstić information content (AvgIpc) is 2.46. The summed E-state index contributed by atoms with van der Waals surface area (Å²) in [6.07, 6.45) is 0. The molecule has 0 bridgehead atoms. The number of halogens is 1. The van der Waals surface area contributed by atoms with Crippen LogP contribution in [-0.4, -0.2) is 14.2 Å². The van der Waals surface area contributed by atoms with Gasteiger partial charge in [0, 0.05) is 0 Å². The van der Waals surface area contributed by atoms with Crippen molar-refractivity contribution in [1.29, 1.82) is 5.26 Å². The highest BCUT2D eigenvalue weighted by Gasteiger charge is 2.24. The van der Waals surface area contributed by atoms with Gasteiger partial charge in [-0.25, -0.2) is 8.42 Å². The lowest BCUT2D eigenvalue weighted by Gasteiger charge is -2.11. The topological polar surface area (TPSA) is 57.9 Å². The molecule has 2 aromatic rings. The van der Waals surface area contributed by atoms with Crippen molar-refractivity contribution in [3.8, 4) is 6.07 Å². The second-order valence-electron chi connectivity index (χ2n) is 4.30. The highest BCUT2D eigenvalue weighted by atomic mass is 35.5. The number of sulfone groups is 1. The summed E-state index contributed by atoms with van der Waals surface area (Å²) in [7, 11) is -3.60. The average molecular weight is 306 g/mol. The molecule has 0 fully saturated rings. The van der Waals surface area contributed by atoms with Gasteiger partial charge in [0.2, 0.25) is 0 Å². The highest BCUT2D eigenvalue weighted by molar-refractivity contribution is 7.91. The molecular formula is C15H12ClNO2S. The van der Waals surface area contributed by atoms with Gasteiger partial charge in [-0.3, -0.25) is 0 Å². The van der Waals surface area contributed by atoms with E-state index in [1.165, 1.54) is 12.1 Å². The van der Waals surface area contributed by atoms with Crippen molar-refractivity contribution in [2.24, 2.45) is 0 Å². The van der Waals surface area contributed by atoms with Gasteiger partial charge < -0.3 is 0 Å². The molecule has 2 aromatic carbocycles. The lowest BCUT2D eigenvalue weighted by Crippen LogP contribution is -2.14. The van der Waals surface area contributed by atoms with Crippen LogP contribution < -0.4 is 0 Å². The van der Waals surface area contributed by atoms with Crippen LogP contribution in [0.2, 0.25) is 5.02 Å². The van der Waals surface area contributed by atoms with Gasteiger partial charge in [-0.2, -0.15) is 5.26 Å². The third-order valence-corrected chi connectivity index (χ3v) is 5.16. The number of benzene rings is 2. The van der Waals surface area contributed by atoms with Crippen molar-refractivity contribution in [1.82, 2.24) is 0 Å². The van der Waals surface area contributed by atoms with E-state index >= 15 is 0 Å². The summed E-state index contributed by atoms with van der Waals surface area (Å²) >= 11 is 5.92. The number of hydrogen-bond acceptors (Lipinski definition) is 3. The summed E-state index contributed by atoms with van der Waals surface area (Å²) in [5, 5.41) is 9.39. The van der Waals surface area contributed by atoms with Crippen LogP contribution in [0.25, 0.3) is 0 Å². The fourth-order valence-electron chi connectivity index (χ4n) is 1.90. The molecule has 3 nitrogen and oxygen atoms in total. The molecule has 0 aromatic heterocycles. The molecule has 0 aliphatic heterocycles. The van der Waals surface area contributed by atoms with Crippen LogP contribution in [0, 0.1) is 11.3 Å². The van der Waals surface area contributed by atoms with Gasteiger partial charge in [0.25, 0.3) is 0 Å². The Labute approximate surface area is 123 Å². The zero-order chi connectivity index (χ0) is 14.6. The van der Waals surface area contributed by atoms with Gasteiger partial charge in [0.15, 0.2) is 9.84 Å². The SMILES string of the molecule is N#CC(CS(=O)(=O)c1ccccc1Cl)c1ccccc1. The first kappa shape index (κ1) is 14.6. The van der Waals surface area contributed by atoms with E-state index in [1.807, 2.05) is 12.1 Å². The standard InChI is InChI=1S/C15H12ClNO2S/c16-14-8-4-5-9-15(14)20(18,19)11-13(10-17)12-6-2-1-3-7-12/h1-9,13H,11H2. The quantitative estimate of drug-likeness (QED) is 0.869. The molecule has 2 rings (SSSR count). The molecule has 1 atom stereocenters. The molecule has 5 heteroatoms. The van der Waals surface area contributed by atoms with E-state index in [4.69, 9.17) is 11.6 Å². The van der Waals surface area contributed by atoms with Gasteiger partial charge in [-0.05, 0) is 17.7 Å². The molecule has 0 spiro atoms. The molecule has 0 aliphatic carbocycles. The summed E-state index contributed by atoms with van der Waals surface area (Å²) in [4.78, 5) is 0.0675. The zero-order valence-electron chi connectivity index (χ0n) is 10.5. The molecule has 0 radical (unpaired) electrons. The largest absolute Gasteiger partial charge is 0.224 e. The normalized spacial score (nSPS) is 12.6. The Kier molecular flexibility index (Phi) is 4.43. The maximum absolute atomic E-state index is 12.4. The van der Waals surface area contributed by atoms with E-state index in [-0.39, 0.29) is 15.7 Å². The minimum Gasteiger partial charge on any atom is -0.224 e. The maximum Gasteiger partial charge on any atom is 0.181 e. The fourth-order valence-corrected chi connectivity index (χ4v) is 3.92. The summed E-state index contributed by atoms with van der Waals surface area (Å²) in [6, 6.07) is 17.2. The van der Waals surface area contributed by atoms with Gasteiger partial charge in [-0.15, -0.1) is 0 Å². The van der Waals surface area contributed by atoms with Gasteiger partial charge in [0.05, 0.1) is 27.7 Å². The summed E-state index contributed by atoms with van der Waals surface area (Å²) in [6.45, 7) is 0. The molecule has 0 saturated heterocycles. The molecular weight excluding hydrogens is 294 g/mol. The lowest BCUT2D eigenvalue weighted by molar-refractivity contribution is 0.593. The molecule has 102 valence electrons. The second-order valence-corrected chi connectivity index (χ2v) is 6.71. The summed E-state index contributed by atoms with van der Waals surface area (Å²) in [5.41, 5.74) is 0.686. The first-order chi connectivity index (χ1) is 9.54. The molecule has 1 unspecified atom stereocenters. The van der Waals surface area contributed by atoms with E-state index in [2.05, 4.69) is 0 Å². The summed E-state index contributed by atoms with van der Waals surface area (Å²) < 4.78 is 24.7. The minimum absolute atomic E-state index is 0.0675. The zero-order valence-corrected chi connectivity index (χ0v) is 12.1. The Bertz CT molecular complexity index is 736. The van der Waals surface area contributed by atoms with E-state index in [9.17, 15) is 13.7 Å². The van der Waals surface area contributed by atoms with E-state index in [0.717, 1.165) is 0 Å². The second kappa shape index (κ2) is 6.08. The predicted octanol–water partition coefficient (Wildman–Crippen LogP) is 3.42. The Morgan fingerprint density at radius 1 is 1.05 bits per heavy atom. The smallest absolute Gasteiger partial charge is 0.181 e. The van der Waals surface area contributed by atoms with E-state index in [0.29, 0.717) is 5.56 Å². The Morgan fingerprint density at radius 3 is 2.25 bits per heavy atom. The lowest BCUT2D eigenvalue weighted by atomic mass is 10.0. The van der Waals surface area contributed by atoms with Crippen LogP contribution in [0.15, 0.2) is 59.5 Å². The van der Waals surface area contributed by atoms with Crippen molar-refractivity contribution in [3.63, 3.8) is 0 Å². The Hall–Kier alpha value is -1.83. The number of hydrogen-bond donors (Lipinski definition) is 0. The van der Waals surface area contributed by atoms with Crippen LogP contribution in [0.5, 0.6) is 0 Å². The first-order valence-electron chi connectivity index (χ1n) is 5.96. The van der Waals surface area contributed by atoms with Gasteiger partial charge >= 0.3 is 0 Å². The monoisotopic (exact) mass is 305 g/mol. The minimum atomic E-state index is -3.60. The van der Waals surface area contributed by atoms with Crippen LogP contribution in [0.1, 0.15) is 11.5 Å². The fraction of sp³-hybridized carbons (Fsp3) is 0.133. The molecule has 0 aliphatic rings. The third-order valence-electron chi connectivity index (χ3n) is 2.92. The van der Waals surface area contributed by atoms with Crippen LogP contribution in [-0.2, 0) is 9.84 Å². The predicted molar refractivity (Wildman–Crippen MR) is 78.3 cm³/mol. The first-order valence-corrected chi connectivity index (χ1v) is 7.99. The maximum atomic E-state index is 12.4. The molecule has 0 heterocycles. The van der Waals surface area contributed by atoms with Crippen LogP contribution in [0.3, 0.4) is 0 Å². The van der Waals surface area contributed by atoms with Crippen molar-refractivity contribution in [3.05, 3.63) is 65.2 Å². The van der Waals surface area contributed by atoms with Crippen LogP contribution in [0.4, 0.5) is 0 Å². The van der Waals surface area contributed by atoms with Crippen molar-refractivity contribution >= 4 is 21.4 Å². The van der Waals surface area contributed by atoms with Crippen molar-refractivity contribution in [2.75, 3.05) is 5.75 Å². The van der Waals surface area contributed by atoms with Gasteiger partial charge in [0.1, 0.15) is 0 Å². The number of nitrogens with zero attached hydrogens (tertiary/aromatic N) is 1. The Balaban J connectivity index is 2.33. The molecule has 20 heavy (non-hydrogen) atoms. The molecule has 0 amide bonds.